The van der Waals surface area contributed by atoms with Crippen LogP contribution in [0, 0.1) is 0 Å². The Morgan fingerprint density at radius 2 is 2.41 bits per heavy atom. The summed E-state index contributed by atoms with van der Waals surface area (Å²) in [5.41, 5.74) is 0.980. The van der Waals surface area contributed by atoms with Crippen molar-refractivity contribution in [1.29, 1.82) is 0 Å². The maximum atomic E-state index is 5.76. The molecule has 2 heterocycles. The first-order chi connectivity index (χ1) is 7.75. The molecule has 1 aliphatic rings. The predicted molar refractivity (Wildman–Crippen MR) is 71.6 cm³/mol. The van der Waals surface area contributed by atoms with Crippen molar-refractivity contribution in [2.45, 2.75) is 25.4 Å². The molecule has 0 aliphatic carbocycles. The number of nitrogens with one attached hydrogen (secondary N) is 1. The quantitative estimate of drug-likeness (QED) is 0.854. The summed E-state index contributed by atoms with van der Waals surface area (Å²) in [6, 6.07) is 2.51. The molecule has 0 aromatic carbocycles. The molecule has 0 saturated carbocycles. The zero-order chi connectivity index (χ0) is 11.4. The van der Waals surface area contributed by atoms with Crippen LogP contribution in [0.1, 0.15) is 18.5 Å². The molecular weight excluding hydrogens is 259 g/mol. The molecular formula is C11H18Cl2N4. The molecule has 1 aromatic heterocycles. The first kappa shape index (κ1) is 14.6. The average molecular weight is 277 g/mol. The van der Waals surface area contributed by atoms with E-state index in [2.05, 4.69) is 27.2 Å². The zero-order valence-corrected chi connectivity index (χ0v) is 11.5. The van der Waals surface area contributed by atoms with Crippen molar-refractivity contribution in [3.05, 3.63) is 23.2 Å². The van der Waals surface area contributed by atoms with Crippen LogP contribution in [-0.4, -0.2) is 41.0 Å². The van der Waals surface area contributed by atoms with E-state index < -0.39 is 0 Å². The van der Waals surface area contributed by atoms with Gasteiger partial charge in [-0.05, 0) is 44.1 Å². The molecule has 17 heavy (non-hydrogen) atoms. The molecule has 6 heteroatoms. The summed E-state index contributed by atoms with van der Waals surface area (Å²) in [5.74, 6) is 0. The van der Waals surface area contributed by atoms with Crippen molar-refractivity contribution in [3.63, 3.8) is 0 Å². The van der Waals surface area contributed by atoms with Crippen molar-refractivity contribution >= 4 is 24.0 Å². The second-order valence-electron chi connectivity index (χ2n) is 4.23. The first-order valence-electron chi connectivity index (χ1n) is 5.64. The second-order valence-corrected chi connectivity index (χ2v) is 4.57. The monoisotopic (exact) mass is 276 g/mol. The van der Waals surface area contributed by atoms with Crippen LogP contribution < -0.4 is 5.32 Å². The van der Waals surface area contributed by atoms with Gasteiger partial charge in [0, 0.05) is 25.3 Å². The summed E-state index contributed by atoms with van der Waals surface area (Å²) in [7, 11) is 2.13. The summed E-state index contributed by atoms with van der Waals surface area (Å²) in [4.78, 5) is 10.4. The fourth-order valence-corrected chi connectivity index (χ4v) is 2.22. The summed E-state index contributed by atoms with van der Waals surface area (Å²) < 4.78 is 0. The highest BCUT2D eigenvalue weighted by atomic mass is 35.5. The minimum atomic E-state index is 0. The van der Waals surface area contributed by atoms with Crippen molar-refractivity contribution in [2.24, 2.45) is 0 Å². The third-order valence-corrected chi connectivity index (χ3v) is 3.17. The molecule has 0 spiro atoms. The lowest BCUT2D eigenvalue weighted by Crippen LogP contribution is -2.43. The van der Waals surface area contributed by atoms with Gasteiger partial charge >= 0.3 is 0 Å². The Kier molecular flexibility index (Phi) is 6.12. The number of hydrogen-bond donors (Lipinski definition) is 1. The molecule has 1 saturated heterocycles. The minimum Gasteiger partial charge on any atom is -0.315 e. The number of rotatable bonds is 3. The summed E-state index contributed by atoms with van der Waals surface area (Å²) >= 11 is 5.76. The molecule has 1 N–H and O–H groups in total. The number of hydrogen-bond acceptors (Lipinski definition) is 4. The van der Waals surface area contributed by atoms with Crippen LogP contribution in [0.25, 0.3) is 0 Å². The third-order valence-electron chi connectivity index (χ3n) is 2.99. The SMILES string of the molecule is CN(Cc1ccnc(Cl)n1)[C@@H]1CCCNC1.Cl. The molecule has 0 unspecified atom stereocenters. The van der Waals surface area contributed by atoms with E-state index in [1.54, 1.807) is 6.20 Å². The van der Waals surface area contributed by atoms with E-state index >= 15 is 0 Å². The Labute approximate surface area is 113 Å². The van der Waals surface area contributed by atoms with Crippen LogP contribution >= 0.6 is 24.0 Å². The topological polar surface area (TPSA) is 41.1 Å². The van der Waals surface area contributed by atoms with Crippen LogP contribution in [0.5, 0.6) is 0 Å². The van der Waals surface area contributed by atoms with Gasteiger partial charge in [-0.2, -0.15) is 0 Å². The zero-order valence-electron chi connectivity index (χ0n) is 9.90. The molecule has 4 nitrogen and oxygen atoms in total. The van der Waals surface area contributed by atoms with Gasteiger partial charge < -0.3 is 5.32 Å². The Balaban J connectivity index is 0.00000144. The van der Waals surface area contributed by atoms with Gasteiger partial charge in [0.05, 0.1) is 5.69 Å². The number of aromatic nitrogens is 2. The molecule has 0 amide bonds. The Morgan fingerprint density at radius 3 is 3.06 bits per heavy atom. The van der Waals surface area contributed by atoms with Crippen molar-refractivity contribution in [1.82, 2.24) is 20.2 Å². The highest BCUT2D eigenvalue weighted by molar-refractivity contribution is 6.28. The lowest BCUT2D eigenvalue weighted by molar-refractivity contribution is 0.194. The molecule has 2 rings (SSSR count). The smallest absolute Gasteiger partial charge is 0.222 e. The molecule has 1 atom stereocenters. The fourth-order valence-electron chi connectivity index (χ4n) is 2.05. The second kappa shape index (κ2) is 7.11. The van der Waals surface area contributed by atoms with Crippen LogP contribution in [0.15, 0.2) is 12.3 Å². The van der Waals surface area contributed by atoms with Gasteiger partial charge in [-0.25, -0.2) is 9.97 Å². The van der Waals surface area contributed by atoms with Gasteiger partial charge in [-0.1, -0.05) is 0 Å². The summed E-state index contributed by atoms with van der Waals surface area (Å²) in [6.45, 7) is 3.04. The standard InChI is InChI=1S/C11H17ClN4.ClH/c1-16(10-3-2-5-13-7-10)8-9-4-6-14-11(12)15-9;/h4,6,10,13H,2-3,5,7-8H2,1H3;1H/t10-;/m1./s1. The number of likely N-dealkylation sites (N-methyl/N-ethyl adjacent to an activating group) is 1. The van der Waals surface area contributed by atoms with E-state index in [0.29, 0.717) is 11.3 Å². The van der Waals surface area contributed by atoms with Crippen LogP contribution in [-0.2, 0) is 6.54 Å². The fraction of sp³-hybridized carbons (Fsp3) is 0.636. The minimum absolute atomic E-state index is 0. The van der Waals surface area contributed by atoms with Crippen molar-refractivity contribution in [3.8, 4) is 0 Å². The van der Waals surface area contributed by atoms with E-state index in [0.717, 1.165) is 25.3 Å². The number of piperidine rings is 1. The van der Waals surface area contributed by atoms with Gasteiger partial charge in [0.2, 0.25) is 5.28 Å². The van der Waals surface area contributed by atoms with Crippen LogP contribution in [0.3, 0.4) is 0 Å². The van der Waals surface area contributed by atoms with E-state index in [1.165, 1.54) is 12.8 Å². The molecule has 0 radical (unpaired) electrons. The number of halogens is 2. The average Bonchev–Trinajstić information content (AvgIpc) is 2.30. The van der Waals surface area contributed by atoms with Crippen LogP contribution in [0.2, 0.25) is 5.28 Å². The first-order valence-corrected chi connectivity index (χ1v) is 6.02. The van der Waals surface area contributed by atoms with Gasteiger partial charge in [0.25, 0.3) is 0 Å². The van der Waals surface area contributed by atoms with E-state index in [9.17, 15) is 0 Å². The Hall–Kier alpha value is -0.420. The van der Waals surface area contributed by atoms with Crippen LogP contribution in [0.4, 0.5) is 0 Å². The van der Waals surface area contributed by atoms with Crippen molar-refractivity contribution in [2.75, 3.05) is 20.1 Å². The highest BCUT2D eigenvalue weighted by Crippen LogP contribution is 2.11. The van der Waals surface area contributed by atoms with E-state index in [-0.39, 0.29) is 12.4 Å². The third kappa shape index (κ3) is 4.39. The highest BCUT2D eigenvalue weighted by Gasteiger charge is 2.17. The van der Waals surface area contributed by atoms with Gasteiger partial charge in [-0.3, -0.25) is 4.90 Å². The maximum absolute atomic E-state index is 5.76. The van der Waals surface area contributed by atoms with Crippen molar-refractivity contribution < 1.29 is 0 Å². The maximum Gasteiger partial charge on any atom is 0.222 e. The Bertz CT molecular complexity index is 342. The normalized spacial score (nSPS) is 20.1. The molecule has 1 aromatic rings. The summed E-state index contributed by atoms with van der Waals surface area (Å²) in [5, 5.41) is 3.74. The summed E-state index contributed by atoms with van der Waals surface area (Å²) in [6.07, 6.45) is 4.21. The van der Waals surface area contributed by atoms with Gasteiger partial charge in [0.15, 0.2) is 0 Å². The molecule has 0 bridgehead atoms. The Morgan fingerprint density at radius 1 is 1.59 bits per heavy atom. The molecule has 96 valence electrons. The largest absolute Gasteiger partial charge is 0.315 e. The molecule has 1 aliphatic heterocycles. The molecule has 1 fully saturated rings. The predicted octanol–water partition coefficient (Wildman–Crippen LogP) is 1.74. The lowest BCUT2D eigenvalue weighted by atomic mass is 10.1. The van der Waals surface area contributed by atoms with Gasteiger partial charge in [-0.15, -0.1) is 12.4 Å². The number of nitrogens with zero attached hydrogens (tertiary/aromatic N) is 3. The lowest BCUT2D eigenvalue weighted by Gasteiger charge is -2.31. The van der Waals surface area contributed by atoms with E-state index in [1.807, 2.05) is 6.07 Å². The van der Waals surface area contributed by atoms with Gasteiger partial charge in [0.1, 0.15) is 0 Å². The van der Waals surface area contributed by atoms with E-state index in [4.69, 9.17) is 11.6 Å².